The molecule has 2 amide bonds. The van der Waals surface area contributed by atoms with Crippen LogP contribution < -0.4 is 5.32 Å². The van der Waals surface area contributed by atoms with Gasteiger partial charge in [-0.3, -0.25) is 9.59 Å². The van der Waals surface area contributed by atoms with Crippen LogP contribution in [0.3, 0.4) is 0 Å². The second kappa shape index (κ2) is 10.1. The lowest BCUT2D eigenvalue weighted by atomic mass is 10.0. The van der Waals surface area contributed by atoms with Gasteiger partial charge in [-0.2, -0.15) is 13.2 Å². The number of halogens is 3. The zero-order chi connectivity index (χ0) is 26.0. The Morgan fingerprint density at radius 2 is 1.78 bits per heavy atom. The number of carboxylic acid groups (broad SMARTS) is 1. The summed E-state index contributed by atoms with van der Waals surface area (Å²) < 4.78 is 40.2. The Labute approximate surface area is 209 Å². The summed E-state index contributed by atoms with van der Waals surface area (Å²) >= 11 is 1.02. The van der Waals surface area contributed by atoms with E-state index in [0.29, 0.717) is 16.0 Å². The number of hydrogen-bond acceptors (Lipinski definition) is 4. The Morgan fingerprint density at radius 3 is 2.42 bits per heavy atom. The van der Waals surface area contributed by atoms with Gasteiger partial charge in [-0.05, 0) is 48.2 Å². The van der Waals surface area contributed by atoms with Gasteiger partial charge in [0, 0.05) is 17.0 Å². The van der Waals surface area contributed by atoms with Gasteiger partial charge in [0.05, 0.1) is 23.2 Å². The maximum absolute atomic E-state index is 13.4. The molecule has 3 aromatic rings. The van der Waals surface area contributed by atoms with Crippen molar-refractivity contribution in [2.45, 2.75) is 38.9 Å². The first-order valence-electron chi connectivity index (χ1n) is 11.3. The van der Waals surface area contributed by atoms with E-state index in [0.717, 1.165) is 41.9 Å². The minimum Gasteiger partial charge on any atom is -0.478 e. The molecule has 6 nitrogen and oxygen atoms in total. The number of rotatable bonds is 6. The molecular weight excluding hydrogens is 493 g/mol. The zero-order valence-corrected chi connectivity index (χ0v) is 20.1. The highest BCUT2D eigenvalue weighted by Gasteiger charge is 2.37. The maximum Gasteiger partial charge on any atom is 0.417 e. The van der Waals surface area contributed by atoms with Crippen LogP contribution in [0.15, 0.2) is 48.5 Å². The Balaban J connectivity index is 1.58. The van der Waals surface area contributed by atoms with E-state index in [2.05, 4.69) is 12.2 Å². The Kier molecular flexibility index (Phi) is 7.16. The predicted molar refractivity (Wildman–Crippen MR) is 130 cm³/mol. The summed E-state index contributed by atoms with van der Waals surface area (Å²) in [5.74, 6) is -2.47. The minimum atomic E-state index is -4.68. The van der Waals surface area contributed by atoms with E-state index < -0.39 is 35.1 Å². The smallest absolute Gasteiger partial charge is 0.417 e. The van der Waals surface area contributed by atoms with Crippen molar-refractivity contribution < 1.29 is 32.7 Å². The number of hydrogen-bond donors (Lipinski definition) is 2. The predicted octanol–water partition coefficient (Wildman–Crippen LogP) is 5.87. The van der Waals surface area contributed by atoms with Gasteiger partial charge in [-0.1, -0.05) is 37.6 Å². The average Bonchev–Trinajstić information content (AvgIpc) is 3.21. The molecule has 2 N–H and O–H groups in total. The molecule has 2 heterocycles. The normalized spacial score (nSPS) is 13.3. The molecule has 0 bridgehead atoms. The highest BCUT2D eigenvalue weighted by Crippen LogP contribution is 2.39. The summed E-state index contributed by atoms with van der Waals surface area (Å²) in [7, 11) is 0. The number of carbonyl (C=O) groups is 3. The van der Waals surface area contributed by atoms with E-state index in [-0.39, 0.29) is 30.1 Å². The van der Waals surface area contributed by atoms with Crippen LogP contribution in [0.4, 0.5) is 18.2 Å². The maximum atomic E-state index is 13.4. The summed E-state index contributed by atoms with van der Waals surface area (Å²) in [5.41, 5.74) is 0.421. The summed E-state index contributed by atoms with van der Waals surface area (Å²) in [6.45, 7) is 2.06. The molecule has 2 aromatic carbocycles. The number of aromatic carboxylic acids is 1. The molecule has 0 saturated carbocycles. The fraction of sp³-hybridized carbons (Fsp3) is 0.269. The van der Waals surface area contributed by atoms with Crippen molar-refractivity contribution in [1.82, 2.24) is 4.90 Å². The van der Waals surface area contributed by atoms with Crippen LogP contribution in [0.5, 0.6) is 0 Å². The van der Waals surface area contributed by atoms with E-state index >= 15 is 0 Å². The molecule has 4 rings (SSSR count). The number of benzene rings is 2. The molecule has 1 aromatic heterocycles. The monoisotopic (exact) mass is 516 g/mol. The molecule has 10 heteroatoms. The van der Waals surface area contributed by atoms with Crippen LogP contribution in [-0.2, 0) is 25.6 Å². The van der Waals surface area contributed by atoms with Crippen molar-refractivity contribution in [1.29, 1.82) is 0 Å². The van der Waals surface area contributed by atoms with Crippen LogP contribution in [0.25, 0.3) is 0 Å². The van der Waals surface area contributed by atoms with Crippen LogP contribution in [0.1, 0.15) is 66.0 Å². The second-order valence-electron chi connectivity index (χ2n) is 8.43. The highest BCUT2D eigenvalue weighted by molar-refractivity contribution is 7.17. The van der Waals surface area contributed by atoms with Crippen molar-refractivity contribution in [3.8, 4) is 0 Å². The standard InChI is InChI=1S/C26H23F3N2O4S/c1-2-5-15-8-10-16(11-9-15)22(32)30-23-21(25(34)35)18-12-13-31(14-20(18)36-23)24(33)17-6-3-4-7-19(17)26(27,28)29/h3-4,6-11H,2,5,12-14H2,1H3,(H,30,32)(H,34,35). The Morgan fingerprint density at radius 1 is 1.08 bits per heavy atom. The van der Waals surface area contributed by atoms with Gasteiger partial charge in [0.2, 0.25) is 0 Å². The molecule has 0 aliphatic carbocycles. The van der Waals surface area contributed by atoms with E-state index in [1.54, 1.807) is 12.1 Å². The molecule has 1 aliphatic rings. The summed E-state index contributed by atoms with van der Waals surface area (Å²) in [4.78, 5) is 39.6. The van der Waals surface area contributed by atoms with E-state index in [1.807, 2.05) is 12.1 Å². The van der Waals surface area contributed by atoms with Gasteiger partial charge >= 0.3 is 12.1 Å². The van der Waals surface area contributed by atoms with Gasteiger partial charge < -0.3 is 15.3 Å². The molecule has 0 spiro atoms. The quantitative estimate of drug-likeness (QED) is 0.429. The molecular formula is C26H23F3N2O4S. The van der Waals surface area contributed by atoms with Crippen LogP contribution in [-0.4, -0.2) is 34.3 Å². The Bertz CT molecular complexity index is 1320. The first-order valence-corrected chi connectivity index (χ1v) is 12.2. The van der Waals surface area contributed by atoms with Crippen molar-refractivity contribution in [2.24, 2.45) is 0 Å². The molecule has 0 radical (unpaired) electrons. The lowest BCUT2D eigenvalue weighted by molar-refractivity contribution is -0.138. The van der Waals surface area contributed by atoms with E-state index in [4.69, 9.17) is 0 Å². The minimum absolute atomic E-state index is 0.0475. The molecule has 0 fully saturated rings. The lowest BCUT2D eigenvalue weighted by Gasteiger charge is -2.28. The summed E-state index contributed by atoms with van der Waals surface area (Å²) in [6, 6.07) is 11.6. The van der Waals surface area contributed by atoms with Crippen molar-refractivity contribution >= 4 is 34.1 Å². The zero-order valence-electron chi connectivity index (χ0n) is 19.3. The fourth-order valence-corrected chi connectivity index (χ4v) is 5.52. The third-order valence-electron chi connectivity index (χ3n) is 6.00. The third-order valence-corrected chi connectivity index (χ3v) is 7.13. The number of carbonyl (C=O) groups excluding carboxylic acids is 2. The van der Waals surface area contributed by atoms with Gasteiger partial charge in [0.25, 0.3) is 11.8 Å². The molecule has 1 aliphatic heterocycles. The first-order chi connectivity index (χ1) is 17.1. The number of nitrogens with one attached hydrogen (secondary N) is 1. The molecule has 36 heavy (non-hydrogen) atoms. The first kappa shape index (κ1) is 25.4. The van der Waals surface area contributed by atoms with Crippen molar-refractivity contribution in [2.75, 3.05) is 11.9 Å². The van der Waals surface area contributed by atoms with Crippen LogP contribution in [0.2, 0.25) is 0 Å². The molecule has 0 saturated heterocycles. The summed E-state index contributed by atoms with van der Waals surface area (Å²) in [6.07, 6.45) is -2.69. The second-order valence-corrected chi connectivity index (χ2v) is 9.54. The SMILES string of the molecule is CCCc1ccc(C(=O)Nc2sc3c(c2C(=O)O)CCN(C(=O)c2ccccc2C(F)(F)F)C3)cc1. The van der Waals surface area contributed by atoms with Crippen molar-refractivity contribution in [3.63, 3.8) is 0 Å². The van der Waals surface area contributed by atoms with Crippen LogP contribution in [0, 0.1) is 0 Å². The third kappa shape index (κ3) is 5.13. The van der Waals surface area contributed by atoms with Crippen molar-refractivity contribution in [3.05, 3.63) is 86.8 Å². The Hall–Kier alpha value is -3.66. The number of fused-ring (bicyclic) bond motifs is 1. The number of anilines is 1. The highest BCUT2D eigenvalue weighted by atomic mass is 32.1. The number of alkyl halides is 3. The largest absolute Gasteiger partial charge is 0.478 e. The van der Waals surface area contributed by atoms with Gasteiger partial charge in [-0.25, -0.2) is 4.79 Å². The number of carboxylic acids is 1. The lowest BCUT2D eigenvalue weighted by Crippen LogP contribution is -2.36. The average molecular weight is 517 g/mol. The number of nitrogens with zero attached hydrogens (tertiary/aromatic N) is 1. The number of thiophene rings is 1. The fourth-order valence-electron chi connectivity index (χ4n) is 4.27. The van der Waals surface area contributed by atoms with Gasteiger partial charge in [0.15, 0.2) is 0 Å². The van der Waals surface area contributed by atoms with Gasteiger partial charge in [0.1, 0.15) is 5.00 Å². The molecule has 0 atom stereocenters. The topological polar surface area (TPSA) is 86.7 Å². The molecule has 0 unspecified atom stereocenters. The number of aryl methyl sites for hydroxylation is 1. The summed E-state index contributed by atoms with van der Waals surface area (Å²) in [5, 5.41) is 12.6. The van der Waals surface area contributed by atoms with E-state index in [9.17, 15) is 32.7 Å². The van der Waals surface area contributed by atoms with E-state index in [1.165, 1.54) is 17.0 Å². The molecule has 188 valence electrons. The number of amides is 2. The van der Waals surface area contributed by atoms with Crippen LogP contribution >= 0.6 is 11.3 Å². The van der Waals surface area contributed by atoms with Gasteiger partial charge in [-0.15, -0.1) is 11.3 Å².